The van der Waals surface area contributed by atoms with Crippen molar-refractivity contribution in [2.45, 2.75) is 6.54 Å². The lowest BCUT2D eigenvalue weighted by atomic mass is 10.1. The summed E-state index contributed by atoms with van der Waals surface area (Å²) in [7, 11) is 0. The summed E-state index contributed by atoms with van der Waals surface area (Å²) in [5.41, 5.74) is 1.66. The third-order valence-electron chi connectivity index (χ3n) is 2.32. The Morgan fingerprint density at radius 3 is 2.84 bits per heavy atom. The molecule has 0 spiro atoms. The van der Waals surface area contributed by atoms with Gasteiger partial charge in [-0.3, -0.25) is 0 Å². The molecular weight excluding hydrogens is 264 g/mol. The molecule has 1 heterocycles. The zero-order valence-electron chi connectivity index (χ0n) is 10.2. The highest BCUT2D eigenvalue weighted by Gasteiger charge is 2.06. The number of oxime groups is 1. The molecule has 0 unspecified atom stereocenters. The Morgan fingerprint density at radius 2 is 2.21 bits per heavy atom. The molecule has 2 rings (SSSR count). The number of benzene rings is 1. The zero-order valence-corrected chi connectivity index (χ0v) is 11.0. The van der Waals surface area contributed by atoms with E-state index in [-0.39, 0.29) is 0 Å². The van der Waals surface area contributed by atoms with E-state index in [1.165, 1.54) is 6.33 Å². The average molecular weight is 277 g/mol. The van der Waals surface area contributed by atoms with Gasteiger partial charge in [0.05, 0.1) is 6.54 Å². The second-order valence-corrected chi connectivity index (χ2v) is 4.16. The molecule has 0 amide bonds. The first kappa shape index (κ1) is 13.3. The molecule has 98 valence electrons. The van der Waals surface area contributed by atoms with E-state index in [1.54, 1.807) is 29.2 Å². The number of nitrogens with zero attached hydrogens (tertiary/aromatic N) is 4. The maximum Gasteiger partial charge on any atom is 0.137 e. The number of hydrogen-bond donors (Lipinski definition) is 0. The summed E-state index contributed by atoms with van der Waals surface area (Å²) in [6, 6.07) is 7.38. The molecule has 0 radical (unpaired) electrons. The molecule has 1 aromatic carbocycles. The van der Waals surface area contributed by atoms with Gasteiger partial charge in [-0.05, 0) is 12.1 Å². The molecule has 0 atom stereocenters. The van der Waals surface area contributed by atoms with Gasteiger partial charge in [-0.25, -0.2) is 9.67 Å². The Hall–Kier alpha value is -2.14. The van der Waals surface area contributed by atoms with Crippen LogP contribution in [0.2, 0.25) is 5.02 Å². The number of aromatic nitrogens is 3. The second kappa shape index (κ2) is 6.70. The first-order valence-electron chi connectivity index (χ1n) is 5.67. The Labute approximate surface area is 116 Å². The SMILES string of the molecule is C=CCO/N=C(/Cn1cncn1)c1ccc(Cl)cc1. The van der Waals surface area contributed by atoms with Crippen LogP contribution in [0.1, 0.15) is 5.56 Å². The molecule has 2 aromatic rings. The van der Waals surface area contributed by atoms with Gasteiger partial charge in [-0.1, -0.05) is 41.5 Å². The van der Waals surface area contributed by atoms with E-state index in [2.05, 4.69) is 21.8 Å². The predicted octanol–water partition coefficient (Wildman–Crippen LogP) is 2.54. The smallest absolute Gasteiger partial charge is 0.137 e. The number of hydrogen-bond acceptors (Lipinski definition) is 4. The Kier molecular flexibility index (Phi) is 4.69. The summed E-state index contributed by atoms with van der Waals surface area (Å²) >= 11 is 5.87. The van der Waals surface area contributed by atoms with Crippen LogP contribution in [0.3, 0.4) is 0 Å². The predicted molar refractivity (Wildman–Crippen MR) is 74.2 cm³/mol. The number of rotatable bonds is 6. The monoisotopic (exact) mass is 276 g/mol. The second-order valence-electron chi connectivity index (χ2n) is 3.72. The van der Waals surface area contributed by atoms with E-state index >= 15 is 0 Å². The topological polar surface area (TPSA) is 52.3 Å². The largest absolute Gasteiger partial charge is 0.391 e. The Balaban J connectivity index is 2.20. The standard InChI is InChI=1S/C13H13ClN4O/c1-2-7-19-17-13(8-18-10-15-9-16-18)11-3-5-12(14)6-4-11/h2-6,9-10H,1,7-8H2/b17-13-. The molecule has 0 N–H and O–H groups in total. The minimum absolute atomic E-state index is 0.356. The van der Waals surface area contributed by atoms with Gasteiger partial charge in [-0.15, -0.1) is 0 Å². The fraction of sp³-hybridized carbons (Fsp3) is 0.154. The molecule has 19 heavy (non-hydrogen) atoms. The summed E-state index contributed by atoms with van der Waals surface area (Å²) < 4.78 is 1.67. The van der Waals surface area contributed by atoms with Crippen LogP contribution in [0, 0.1) is 0 Å². The molecule has 1 aromatic heterocycles. The molecule has 0 saturated heterocycles. The van der Waals surface area contributed by atoms with Gasteiger partial charge in [0.1, 0.15) is 25.0 Å². The van der Waals surface area contributed by atoms with Crippen molar-refractivity contribution in [1.29, 1.82) is 0 Å². The fourth-order valence-electron chi connectivity index (χ4n) is 1.45. The van der Waals surface area contributed by atoms with Gasteiger partial charge in [0.25, 0.3) is 0 Å². The summed E-state index contributed by atoms with van der Waals surface area (Å²) in [5, 5.41) is 8.83. The molecular formula is C13H13ClN4O. The van der Waals surface area contributed by atoms with Crippen molar-refractivity contribution in [3.8, 4) is 0 Å². The molecule has 0 saturated carbocycles. The first-order chi connectivity index (χ1) is 9.29. The number of halogens is 1. The molecule has 0 bridgehead atoms. The van der Waals surface area contributed by atoms with Gasteiger partial charge in [-0.2, -0.15) is 5.10 Å². The van der Waals surface area contributed by atoms with Crippen LogP contribution >= 0.6 is 11.6 Å². The zero-order chi connectivity index (χ0) is 13.5. The maximum absolute atomic E-state index is 5.87. The van der Waals surface area contributed by atoms with Gasteiger partial charge in [0.2, 0.25) is 0 Å². The molecule has 6 heteroatoms. The van der Waals surface area contributed by atoms with Crippen LogP contribution in [-0.4, -0.2) is 27.1 Å². The maximum atomic E-state index is 5.87. The van der Waals surface area contributed by atoms with Crippen LogP contribution < -0.4 is 0 Å². The highest BCUT2D eigenvalue weighted by Crippen LogP contribution is 2.11. The van der Waals surface area contributed by atoms with Crippen molar-refractivity contribution >= 4 is 17.3 Å². The van der Waals surface area contributed by atoms with Crippen LogP contribution in [-0.2, 0) is 11.4 Å². The van der Waals surface area contributed by atoms with Crippen molar-refractivity contribution in [3.63, 3.8) is 0 Å². The van der Waals surface area contributed by atoms with E-state index in [4.69, 9.17) is 16.4 Å². The quantitative estimate of drug-likeness (QED) is 0.353. The van der Waals surface area contributed by atoms with E-state index in [0.717, 1.165) is 11.3 Å². The third kappa shape index (κ3) is 3.93. The van der Waals surface area contributed by atoms with Crippen molar-refractivity contribution in [1.82, 2.24) is 14.8 Å². The van der Waals surface area contributed by atoms with Gasteiger partial charge in [0.15, 0.2) is 0 Å². The molecule has 0 aliphatic rings. The minimum Gasteiger partial charge on any atom is -0.391 e. The van der Waals surface area contributed by atoms with Gasteiger partial charge >= 0.3 is 0 Å². The van der Waals surface area contributed by atoms with E-state index in [1.807, 2.05) is 12.1 Å². The average Bonchev–Trinajstić information content (AvgIpc) is 2.92. The van der Waals surface area contributed by atoms with E-state index in [0.29, 0.717) is 18.2 Å². The molecule has 0 aliphatic carbocycles. The normalized spacial score (nSPS) is 11.3. The van der Waals surface area contributed by atoms with Crippen LogP contribution in [0.25, 0.3) is 0 Å². The summed E-state index contributed by atoms with van der Waals surface area (Å²) in [6.07, 6.45) is 4.74. The molecule has 0 fully saturated rings. The van der Waals surface area contributed by atoms with Gasteiger partial charge < -0.3 is 4.84 Å². The lowest BCUT2D eigenvalue weighted by molar-refractivity contribution is 0.174. The summed E-state index contributed by atoms with van der Waals surface area (Å²) in [6.45, 7) is 4.40. The van der Waals surface area contributed by atoms with Crippen molar-refractivity contribution in [2.75, 3.05) is 6.61 Å². The Morgan fingerprint density at radius 1 is 1.42 bits per heavy atom. The van der Waals surface area contributed by atoms with E-state index < -0.39 is 0 Å². The van der Waals surface area contributed by atoms with Gasteiger partial charge in [0, 0.05) is 10.6 Å². The van der Waals surface area contributed by atoms with Crippen molar-refractivity contribution in [2.24, 2.45) is 5.16 Å². The summed E-state index contributed by atoms with van der Waals surface area (Å²) in [4.78, 5) is 9.05. The van der Waals surface area contributed by atoms with E-state index in [9.17, 15) is 0 Å². The highest BCUT2D eigenvalue weighted by atomic mass is 35.5. The molecule has 0 aliphatic heterocycles. The van der Waals surface area contributed by atoms with Crippen LogP contribution in [0.4, 0.5) is 0 Å². The fourth-order valence-corrected chi connectivity index (χ4v) is 1.58. The van der Waals surface area contributed by atoms with Crippen molar-refractivity contribution in [3.05, 3.63) is 60.2 Å². The lowest BCUT2D eigenvalue weighted by Crippen LogP contribution is -2.13. The first-order valence-corrected chi connectivity index (χ1v) is 6.05. The molecule has 5 nitrogen and oxygen atoms in total. The summed E-state index contributed by atoms with van der Waals surface area (Å²) in [5.74, 6) is 0. The van der Waals surface area contributed by atoms with Crippen LogP contribution in [0.5, 0.6) is 0 Å². The highest BCUT2D eigenvalue weighted by molar-refractivity contribution is 6.30. The third-order valence-corrected chi connectivity index (χ3v) is 2.57. The minimum atomic E-state index is 0.356. The lowest BCUT2D eigenvalue weighted by Gasteiger charge is -2.06. The Bertz CT molecular complexity index is 549. The van der Waals surface area contributed by atoms with Crippen molar-refractivity contribution < 1.29 is 4.84 Å². The van der Waals surface area contributed by atoms with Crippen LogP contribution in [0.15, 0.2) is 54.7 Å².